The third kappa shape index (κ3) is 4.64. The number of rotatable bonds is 7. The van der Waals surface area contributed by atoms with Crippen LogP contribution in [0.15, 0.2) is 23.4 Å². The minimum Gasteiger partial charge on any atom is -0.457 e. The molecular formula is C21H23N3O4S. The van der Waals surface area contributed by atoms with Crippen LogP contribution in [0.5, 0.6) is 0 Å². The summed E-state index contributed by atoms with van der Waals surface area (Å²) in [6.45, 7) is 5.25. The molecule has 1 aromatic heterocycles. The van der Waals surface area contributed by atoms with Gasteiger partial charge in [0.15, 0.2) is 17.5 Å². The van der Waals surface area contributed by atoms with Crippen molar-refractivity contribution >= 4 is 35.1 Å². The van der Waals surface area contributed by atoms with E-state index in [1.165, 1.54) is 11.8 Å². The van der Waals surface area contributed by atoms with Crippen molar-refractivity contribution in [3.8, 4) is 0 Å². The summed E-state index contributed by atoms with van der Waals surface area (Å²) in [6, 6.07) is 5.02. The number of hydrogen-bond donors (Lipinski definition) is 1. The second kappa shape index (κ2) is 8.73. The Morgan fingerprint density at radius 3 is 2.55 bits per heavy atom. The lowest BCUT2D eigenvalue weighted by atomic mass is 9.99. The van der Waals surface area contributed by atoms with E-state index in [1.807, 2.05) is 20.1 Å². The summed E-state index contributed by atoms with van der Waals surface area (Å²) in [4.78, 5) is 45.0. The van der Waals surface area contributed by atoms with Gasteiger partial charge in [-0.1, -0.05) is 11.8 Å². The number of Topliss-reactive ketones (excluding diaryl/α,β-unsaturated/α-hetero) is 1. The molecule has 0 bridgehead atoms. The predicted octanol–water partition coefficient (Wildman–Crippen LogP) is 3.23. The molecule has 152 valence electrons. The zero-order valence-electron chi connectivity index (χ0n) is 16.9. The molecule has 0 radical (unpaired) electrons. The normalized spacial score (nSPS) is 15.0. The minimum absolute atomic E-state index is 0.0869. The third-order valence-electron chi connectivity index (χ3n) is 5.02. The molecule has 29 heavy (non-hydrogen) atoms. The Hall–Kier alpha value is -2.74. The van der Waals surface area contributed by atoms with Crippen molar-refractivity contribution in [2.24, 2.45) is 0 Å². The Balaban J connectivity index is 1.55. The summed E-state index contributed by atoms with van der Waals surface area (Å²) in [7, 11) is 0. The quantitative estimate of drug-likeness (QED) is 0.322. The highest BCUT2D eigenvalue weighted by Gasteiger charge is 2.27. The SMILES string of the molecule is CSc1nc(C)c(CCC(=O)OCC(=O)c2ccc3c(c2)[C@H](C)C(=O)N3)c(C)n1. The van der Waals surface area contributed by atoms with Gasteiger partial charge in [-0.15, -0.1) is 0 Å². The van der Waals surface area contributed by atoms with Crippen LogP contribution < -0.4 is 5.32 Å². The highest BCUT2D eigenvalue weighted by molar-refractivity contribution is 7.98. The van der Waals surface area contributed by atoms with Gasteiger partial charge < -0.3 is 10.1 Å². The molecule has 1 aliphatic heterocycles. The van der Waals surface area contributed by atoms with Crippen molar-refractivity contribution in [2.75, 3.05) is 18.2 Å². The second-order valence-electron chi connectivity index (χ2n) is 6.96. The van der Waals surface area contributed by atoms with Crippen LogP contribution in [0.2, 0.25) is 0 Å². The van der Waals surface area contributed by atoms with Crippen molar-refractivity contribution < 1.29 is 19.1 Å². The molecule has 2 heterocycles. The Morgan fingerprint density at radius 1 is 1.21 bits per heavy atom. The van der Waals surface area contributed by atoms with Gasteiger partial charge in [-0.2, -0.15) is 0 Å². The summed E-state index contributed by atoms with van der Waals surface area (Å²) in [6.07, 6.45) is 2.53. The summed E-state index contributed by atoms with van der Waals surface area (Å²) < 4.78 is 5.16. The van der Waals surface area contributed by atoms with E-state index >= 15 is 0 Å². The fourth-order valence-corrected chi connectivity index (χ4v) is 3.74. The standard InChI is InChI=1S/C21H23N3O4S/c1-11-16-9-14(5-7-17(16)24-20(11)27)18(25)10-28-19(26)8-6-15-12(2)22-21(29-4)23-13(15)3/h5,7,9,11H,6,8,10H2,1-4H3,(H,24,27)/t11-/m0/s1. The van der Waals surface area contributed by atoms with Gasteiger partial charge in [-0.3, -0.25) is 14.4 Å². The minimum atomic E-state index is -0.447. The summed E-state index contributed by atoms with van der Waals surface area (Å²) in [5.74, 6) is -1.13. The number of ketones is 1. The zero-order valence-corrected chi connectivity index (χ0v) is 17.7. The molecular weight excluding hydrogens is 390 g/mol. The van der Waals surface area contributed by atoms with Gasteiger partial charge in [0.2, 0.25) is 5.91 Å². The van der Waals surface area contributed by atoms with E-state index in [4.69, 9.17) is 4.74 Å². The molecule has 0 aliphatic carbocycles. The van der Waals surface area contributed by atoms with Crippen LogP contribution in [-0.2, 0) is 20.7 Å². The van der Waals surface area contributed by atoms with Gasteiger partial charge in [0.05, 0.1) is 5.92 Å². The number of hydrogen-bond acceptors (Lipinski definition) is 7. The van der Waals surface area contributed by atoms with E-state index in [0.29, 0.717) is 17.1 Å². The zero-order chi connectivity index (χ0) is 21.1. The van der Waals surface area contributed by atoms with E-state index in [0.717, 1.165) is 28.2 Å². The number of amides is 1. The number of aromatic nitrogens is 2. The number of nitrogens with one attached hydrogen (secondary N) is 1. The number of fused-ring (bicyclic) bond motifs is 1. The maximum Gasteiger partial charge on any atom is 0.306 e. The molecule has 1 aliphatic rings. The second-order valence-corrected chi connectivity index (χ2v) is 7.73. The van der Waals surface area contributed by atoms with Gasteiger partial charge >= 0.3 is 5.97 Å². The van der Waals surface area contributed by atoms with Crippen molar-refractivity contribution in [1.29, 1.82) is 0 Å². The van der Waals surface area contributed by atoms with Crippen LogP contribution in [0.4, 0.5) is 5.69 Å². The van der Waals surface area contributed by atoms with Gasteiger partial charge in [-0.05, 0) is 62.8 Å². The average Bonchev–Trinajstić information content (AvgIpc) is 2.98. The summed E-state index contributed by atoms with van der Waals surface area (Å²) in [5, 5.41) is 3.47. The fraction of sp³-hybridized carbons (Fsp3) is 0.381. The molecule has 0 saturated heterocycles. The van der Waals surface area contributed by atoms with E-state index in [2.05, 4.69) is 15.3 Å². The summed E-state index contributed by atoms with van der Waals surface area (Å²) in [5.41, 5.74) is 4.55. The van der Waals surface area contributed by atoms with Gasteiger partial charge in [0, 0.05) is 29.1 Å². The fourth-order valence-electron chi connectivity index (χ4n) is 3.28. The molecule has 1 N–H and O–H groups in total. The lowest BCUT2D eigenvalue weighted by Crippen LogP contribution is -2.15. The van der Waals surface area contributed by atoms with Crippen molar-refractivity contribution in [1.82, 2.24) is 9.97 Å². The first-order chi connectivity index (χ1) is 13.8. The Labute approximate surface area is 173 Å². The molecule has 1 aromatic carbocycles. The number of aryl methyl sites for hydroxylation is 2. The molecule has 1 amide bonds. The molecule has 8 heteroatoms. The smallest absolute Gasteiger partial charge is 0.306 e. The van der Waals surface area contributed by atoms with E-state index in [9.17, 15) is 14.4 Å². The van der Waals surface area contributed by atoms with Crippen molar-refractivity contribution in [2.45, 2.75) is 44.7 Å². The van der Waals surface area contributed by atoms with Gasteiger partial charge in [0.1, 0.15) is 0 Å². The average molecular weight is 413 g/mol. The maximum atomic E-state index is 12.4. The van der Waals surface area contributed by atoms with Crippen LogP contribution in [0.1, 0.15) is 52.1 Å². The third-order valence-corrected chi connectivity index (χ3v) is 5.57. The molecule has 0 fully saturated rings. The molecule has 0 spiro atoms. The first-order valence-corrected chi connectivity index (χ1v) is 10.5. The number of ether oxygens (including phenoxy) is 1. The number of esters is 1. The van der Waals surface area contributed by atoms with Crippen molar-refractivity contribution in [3.05, 3.63) is 46.3 Å². The van der Waals surface area contributed by atoms with Crippen LogP contribution in [0, 0.1) is 13.8 Å². The largest absolute Gasteiger partial charge is 0.457 e. The first kappa shape index (κ1) is 21.0. The van der Waals surface area contributed by atoms with Crippen LogP contribution in [-0.4, -0.2) is 40.5 Å². The highest BCUT2D eigenvalue weighted by Crippen LogP contribution is 2.32. The number of thioether (sulfide) groups is 1. The number of anilines is 1. The molecule has 0 unspecified atom stereocenters. The highest BCUT2D eigenvalue weighted by atomic mass is 32.2. The number of nitrogens with zero attached hydrogens (tertiary/aromatic N) is 2. The lowest BCUT2D eigenvalue weighted by Gasteiger charge is -2.10. The van der Waals surface area contributed by atoms with E-state index < -0.39 is 5.97 Å². The topological polar surface area (TPSA) is 98.2 Å². The molecule has 7 nitrogen and oxygen atoms in total. The monoisotopic (exact) mass is 413 g/mol. The van der Waals surface area contributed by atoms with Crippen molar-refractivity contribution in [3.63, 3.8) is 0 Å². The van der Waals surface area contributed by atoms with Gasteiger partial charge in [-0.25, -0.2) is 9.97 Å². The van der Waals surface area contributed by atoms with E-state index in [-0.39, 0.29) is 30.6 Å². The Morgan fingerprint density at radius 2 is 1.90 bits per heavy atom. The first-order valence-electron chi connectivity index (χ1n) is 9.32. The predicted molar refractivity (Wildman–Crippen MR) is 110 cm³/mol. The number of benzene rings is 1. The number of carbonyl (C=O) groups excluding carboxylic acids is 3. The number of carbonyl (C=O) groups is 3. The lowest BCUT2D eigenvalue weighted by molar-refractivity contribution is -0.142. The molecule has 1 atom stereocenters. The van der Waals surface area contributed by atoms with Crippen LogP contribution >= 0.6 is 11.8 Å². The molecule has 3 rings (SSSR count). The molecule has 0 saturated carbocycles. The van der Waals surface area contributed by atoms with E-state index in [1.54, 1.807) is 25.1 Å². The van der Waals surface area contributed by atoms with Crippen LogP contribution in [0.25, 0.3) is 0 Å². The Kier molecular flexibility index (Phi) is 6.32. The van der Waals surface area contributed by atoms with Gasteiger partial charge in [0.25, 0.3) is 0 Å². The maximum absolute atomic E-state index is 12.4. The molecule has 2 aromatic rings. The summed E-state index contributed by atoms with van der Waals surface area (Å²) >= 11 is 1.47. The van der Waals surface area contributed by atoms with Crippen LogP contribution in [0.3, 0.4) is 0 Å². The Bertz CT molecular complexity index is 967.